The molecule has 6 nitrogen and oxygen atoms in total. The van der Waals surface area contributed by atoms with Crippen LogP contribution in [0.15, 0.2) is 18.2 Å². The quantitative estimate of drug-likeness (QED) is 0.469. The van der Waals surface area contributed by atoms with Gasteiger partial charge in [0.2, 0.25) is 0 Å². The minimum atomic E-state index is -0.585. The van der Waals surface area contributed by atoms with Crippen LogP contribution in [0.4, 0.5) is 5.69 Å². The zero-order chi connectivity index (χ0) is 14.1. The first kappa shape index (κ1) is 15.9. The molecule has 0 amide bonds. The number of nitro groups is 1. The van der Waals surface area contributed by atoms with Crippen LogP contribution in [-0.4, -0.2) is 24.6 Å². The van der Waals surface area contributed by atoms with Crippen LogP contribution in [0, 0.1) is 10.1 Å². The van der Waals surface area contributed by atoms with E-state index >= 15 is 0 Å². The van der Waals surface area contributed by atoms with E-state index in [1.165, 1.54) is 25.3 Å². The SMILES string of the molecule is CC.CCOc1cc([N+](=O)[O-])ccc1C(=O)OC. The summed E-state index contributed by atoms with van der Waals surface area (Å²) in [6.45, 7) is 6.03. The molecule has 0 aliphatic heterocycles. The van der Waals surface area contributed by atoms with Crippen LogP contribution >= 0.6 is 0 Å². The summed E-state index contributed by atoms with van der Waals surface area (Å²) in [6.07, 6.45) is 0. The predicted molar refractivity (Wildman–Crippen MR) is 67.0 cm³/mol. The molecule has 6 heteroatoms. The van der Waals surface area contributed by atoms with E-state index in [-0.39, 0.29) is 17.0 Å². The molecular formula is C12H17NO5. The van der Waals surface area contributed by atoms with Gasteiger partial charge in [-0.25, -0.2) is 4.79 Å². The van der Waals surface area contributed by atoms with Crippen molar-refractivity contribution in [3.63, 3.8) is 0 Å². The Hall–Kier alpha value is -2.11. The summed E-state index contributed by atoms with van der Waals surface area (Å²) in [5, 5.41) is 10.5. The van der Waals surface area contributed by atoms with Gasteiger partial charge >= 0.3 is 5.97 Å². The van der Waals surface area contributed by atoms with Crippen molar-refractivity contribution in [1.29, 1.82) is 0 Å². The Morgan fingerprint density at radius 2 is 2.00 bits per heavy atom. The largest absolute Gasteiger partial charge is 0.493 e. The van der Waals surface area contributed by atoms with Crippen molar-refractivity contribution in [3.05, 3.63) is 33.9 Å². The fourth-order valence-corrected chi connectivity index (χ4v) is 1.18. The molecule has 0 aliphatic carbocycles. The second-order valence-corrected chi connectivity index (χ2v) is 2.86. The van der Waals surface area contributed by atoms with Gasteiger partial charge in [-0.15, -0.1) is 0 Å². The van der Waals surface area contributed by atoms with Gasteiger partial charge in [-0.3, -0.25) is 10.1 Å². The van der Waals surface area contributed by atoms with Crippen molar-refractivity contribution in [1.82, 2.24) is 0 Å². The van der Waals surface area contributed by atoms with Gasteiger partial charge in [0.1, 0.15) is 11.3 Å². The first-order chi connectivity index (χ1) is 8.60. The van der Waals surface area contributed by atoms with Gasteiger partial charge in [-0.2, -0.15) is 0 Å². The fraction of sp³-hybridized carbons (Fsp3) is 0.417. The summed E-state index contributed by atoms with van der Waals surface area (Å²) in [5.74, 6) is -0.429. The molecule has 0 aliphatic rings. The van der Waals surface area contributed by atoms with Gasteiger partial charge in [-0.1, -0.05) is 13.8 Å². The van der Waals surface area contributed by atoms with E-state index in [1.807, 2.05) is 13.8 Å². The number of benzene rings is 1. The Balaban J connectivity index is 0.00000137. The van der Waals surface area contributed by atoms with Gasteiger partial charge in [0.05, 0.1) is 24.7 Å². The van der Waals surface area contributed by atoms with E-state index in [1.54, 1.807) is 6.92 Å². The number of nitrogens with zero attached hydrogens (tertiary/aromatic N) is 1. The average Bonchev–Trinajstić information content (AvgIpc) is 2.40. The van der Waals surface area contributed by atoms with Gasteiger partial charge in [0.25, 0.3) is 5.69 Å². The summed E-state index contributed by atoms with van der Waals surface area (Å²) >= 11 is 0. The summed E-state index contributed by atoms with van der Waals surface area (Å²) in [6, 6.07) is 3.75. The topological polar surface area (TPSA) is 78.7 Å². The monoisotopic (exact) mass is 255 g/mol. The summed E-state index contributed by atoms with van der Waals surface area (Å²) < 4.78 is 9.68. The maximum atomic E-state index is 11.3. The number of nitro benzene ring substituents is 1. The molecule has 0 saturated heterocycles. The summed E-state index contributed by atoms with van der Waals surface area (Å²) in [7, 11) is 1.24. The van der Waals surface area contributed by atoms with E-state index in [0.717, 1.165) is 0 Å². The zero-order valence-electron chi connectivity index (χ0n) is 10.9. The molecular weight excluding hydrogens is 238 g/mol. The van der Waals surface area contributed by atoms with E-state index in [4.69, 9.17) is 4.74 Å². The van der Waals surface area contributed by atoms with Crippen molar-refractivity contribution in [2.24, 2.45) is 0 Å². The molecule has 18 heavy (non-hydrogen) atoms. The predicted octanol–water partition coefficient (Wildman–Crippen LogP) is 2.81. The van der Waals surface area contributed by atoms with Crippen LogP contribution in [0.2, 0.25) is 0 Å². The lowest BCUT2D eigenvalue weighted by atomic mass is 10.2. The van der Waals surface area contributed by atoms with Crippen LogP contribution in [0.1, 0.15) is 31.1 Å². The zero-order valence-corrected chi connectivity index (χ0v) is 10.9. The molecule has 0 unspecified atom stereocenters. The Bertz CT molecular complexity index is 417. The summed E-state index contributed by atoms with van der Waals surface area (Å²) in [5.41, 5.74) is 0.0473. The molecule has 100 valence electrons. The molecule has 1 aromatic carbocycles. The van der Waals surface area contributed by atoms with Crippen LogP contribution in [0.3, 0.4) is 0 Å². The number of hydrogen-bond donors (Lipinski definition) is 0. The number of hydrogen-bond acceptors (Lipinski definition) is 5. The molecule has 0 fully saturated rings. The minimum Gasteiger partial charge on any atom is -0.493 e. The summed E-state index contributed by atoms with van der Waals surface area (Å²) in [4.78, 5) is 21.3. The first-order valence-electron chi connectivity index (χ1n) is 5.59. The minimum absolute atomic E-state index is 0.129. The van der Waals surface area contributed by atoms with E-state index < -0.39 is 10.9 Å². The number of non-ortho nitro benzene ring substituents is 1. The van der Waals surface area contributed by atoms with Gasteiger partial charge in [-0.05, 0) is 13.0 Å². The van der Waals surface area contributed by atoms with Crippen molar-refractivity contribution in [2.45, 2.75) is 20.8 Å². The van der Waals surface area contributed by atoms with E-state index in [2.05, 4.69) is 4.74 Å². The van der Waals surface area contributed by atoms with Crippen molar-refractivity contribution in [2.75, 3.05) is 13.7 Å². The Labute approximate surface area is 106 Å². The highest BCUT2D eigenvalue weighted by Crippen LogP contribution is 2.25. The first-order valence-corrected chi connectivity index (χ1v) is 5.59. The molecule has 0 saturated carbocycles. The Morgan fingerprint density at radius 1 is 1.39 bits per heavy atom. The van der Waals surface area contributed by atoms with E-state index in [9.17, 15) is 14.9 Å². The highest BCUT2D eigenvalue weighted by atomic mass is 16.6. The highest BCUT2D eigenvalue weighted by molar-refractivity contribution is 5.92. The van der Waals surface area contributed by atoms with Crippen LogP contribution < -0.4 is 4.74 Å². The number of esters is 1. The second-order valence-electron chi connectivity index (χ2n) is 2.86. The van der Waals surface area contributed by atoms with Crippen LogP contribution in [0.25, 0.3) is 0 Å². The Kier molecular flexibility index (Phi) is 7.11. The molecule has 0 radical (unpaired) electrons. The van der Waals surface area contributed by atoms with Crippen LogP contribution in [-0.2, 0) is 4.74 Å². The molecule has 0 spiro atoms. The number of carbonyl (C=O) groups excluding carboxylic acids is 1. The third kappa shape index (κ3) is 4.04. The van der Waals surface area contributed by atoms with Crippen molar-refractivity contribution >= 4 is 11.7 Å². The number of methoxy groups -OCH3 is 1. The van der Waals surface area contributed by atoms with Gasteiger partial charge < -0.3 is 9.47 Å². The lowest BCUT2D eigenvalue weighted by Gasteiger charge is -2.07. The number of ether oxygens (including phenoxy) is 2. The normalized spacial score (nSPS) is 8.89. The maximum absolute atomic E-state index is 11.3. The number of carbonyl (C=O) groups is 1. The van der Waals surface area contributed by atoms with E-state index in [0.29, 0.717) is 6.61 Å². The molecule has 1 aromatic rings. The molecule has 0 atom stereocenters. The third-order valence-corrected chi connectivity index (χ3v) is 1.88. The maximum Gasteiger partial charge on any atom is 0.341 e. The number of rotatable bonds is 4. The molecule has 1 rings (SSSR count). The second kappa shape index (κ2) is 8.05. The van der Waals surface area contributed by atoms with Crippen molar-refractivity contribution < 1.29 is 19.2 Å². The lowest BCUT2D eigenvalue weighted by molar-refractivity contribution is -0.384. The van der Waals surface area contributed by atoms with Gasteiger partial charge in [0, 0.05) is 6.07 Å². The molecule has 0 aromatic heterocycles. The molecule has 0 heterocycles. The fourth-order valence-electron chi connectivity index (χ4n) is 1.18. The standard InChI is InChI=1S/C10H11NO5.C2H6/c1-3-16-9-6-7(11(13)14)4-5-8(9)10(12)15-2;1-2/h4-6H,3H2,1-2H3;1-2H3. The molecule has 0 N–H and O–H groups in total. The van der Waals surface area contributed by atoms with Gasteiger partial charge in [0.15, 0.2) is 0 Å². The Morgan fingerprint density at radius 3 is 2.44 bits per heavy atom. The van der Waals surface area contributed by atoms with Crippen LogP contribution in [0.5, 0.6) is 5.75 Å². The van der Waals surface area contributed by atoms with Crippen molar-refractivity contribution in [3.8, 4) is 5.75 Å². The smallest absolute Gasteiger partial charge is 0.341 e. The third-order valence-electron chi connectivity index (χ3n) is 1.88. The lowest BCUT2D eigenvalue weighted by Crippen LogP contribution is -2.06. The highest BCUT2D eigenvalue weighted by Gasteiger charge is 2.17. The molecule has 0 bridgehead atoms. The average molecular weight is 255 g/mol.